The van der Waals surface area contributed by atoms with Crippen LogP contribution in [0.5, 0.6) is 0 Å². The molecule has 1 aromatic rings. The average Bonchev–Trinajstić information content (AvgIpc) is 2.16. The molecule has 0 unspecified atom stereocenters. The summed E-state index contributed by atoms with van der Waals surface area (Å²) in [6.07, 6.45) is -1.61. The van der Waals surface area contributed by atoms with Crippen LogP contribution in [0.4, 0.5) is 8.78 Å². The number of hydrogen-bond donors (Lipinski definition) is 1. The lowest BCUT2D eigenvalue weighted by atomic mass is 10.1. The minimum Gasteiger partial charge on any atom is -0.392 e. The van der Waals surface area contributed by atoms with Crippen LogP contribution in [0.2, 0.25) is 0 Å². The Morgan fingerprint density at radius 3 is 2.71 bits per heavy atom. The molecule has 0 aliphatic heterocycles. The van der Waals surface area contributed by atoms with Crippen LogP contribution in [0.15, 0.2) is 6.20 Å². The first kappa shape index (κ1) is 11.3. The summed E-state index contributed by atoms with van der Waals surface area (Å²) in [5.41, 5.74) is -0.291. The number of nitrogens with zero attached hydrogens (tertiary/aromatic N) is 2. The van der Waals surface area contributed by atoms with E-state index in [-0.39, 0.29) is 20.4 Å². The van der Waals surface area contributed by atoms with Crippen molar-refractivity contribution in [3.05, 3.63) is 26.6 Å². The summed E-state index contributed by atoms with van der Waals surface area (Å²) in [4.78, 5) is 3.65. The molecule has 0 aromatic carbocycles. The molecule has 74 valence electrons. The molecular formula is C8H5F2IN2O. The Hall–Kier alpha value is -0.810. The van der Waals surface area contributed by atoms with Gasteiger partial charge in [-0.2, -0.15) is 5.26 Å². The second-order valence-electron chi connectivity index (χ2n) is 2.43. The first-order valence-electron chi connectivity index (χ1n) is 3.58. The predicted octanol–water partition coefficient (Wildman–Crippen LogP) is 1.99. The molecule has 1 heterocycles. The van der Waals surface area contributed by atoms with Crippen LogP contribution in [0.25, 0.3) is 0 Å². The van der Waals surface area contributed by atoms with Gasteiger partial charge in [-0.25, -0.2) is 13.8 Å². The summed E-state index contributed by atoms with van der Waals surface area (Å²) in [5.74, 6) is 0. The Balaban J connectivity index is 3.41. The molecule has 0 atom stereocenters. The van der Waals surface area contributed by atoms with E-state index in [1.165, 1.54) is 0 Å². The Labute approximate surface area is 92.5 Å². The van der Waals surface area contributed by atoms with Crippen molar-refractivity contribution in [2.75, 3.05) is 0 Å². The Bertz CT molecular complexity index is 390. The number of aliphatic hydroxyl groups excluding tert-OH is 1. The highest BCUT2D eigenvalue weighted by atomic mass is 127. The van der Waals surface area contributed by atoms with Gasteiger partial charge in [-0.05, 0) is 22.6 Å². The van der Waals surface area contributed by atoms with E-state index in [0.717, 1.165) is 6.20 Å². The summed E-state index contributed by atoms with van der Waals surface area (Å²) in [6.45, 7) is -0.506. The fourth-order valence-corrected chi connectivity index (χ4v) is 1.82. The fourth-order valence-electron chi connectivity index (χ4n) is 0.977. The zero-order valence-electron chi connectivity index (χ0n) is 6.84. The van der Waals surface area contributed by atoms with Gasteiger partial charge in [0.15, 0.2) is 5.69 Å². The number of nitriles is 1. The molecule has 0 fully saturated rings. The van der Waals surface area contributed by atoms with Gasteiger partial charge in [0.05, 0.1) is 10.2 Å². The van der Waals surface area contributed by atoms with Crippen molar-refractivity contribution in [3.63, 3.8) is 0 Å². The molecule has 0 aliphatic rings. The van der Waals surface area contributed by atoms with Crippen molar-refractivity contribution in [2.45, 2.75) is 13.0 Å². The molecule has 14 heavy (non-hydrogen) atoms. The molecule has 0 spiro atoms. The largest absolute Gasteiger partial charge is 0.392 e. The Kier molecular flexibility index (Phi) is 3.71. The van der Waals surface area contributed by atoms with E-state index in [1.807, 2.05) is 0 Å². The first-order chi connectivity index (χ1) is 6.61. The van der Waals surface area contributed by atoms with Crippen LogP contribution in [0, 0.1) is 14.9 Å². The fraction of sp³-hybridized carbons (Fsp3) is 0.250. The quantitative estimate of drug-likeness (QED) is 0.850. The second-order valence-corrected chi connectivity index (χ2v) is 3.51. The van der Waals surface area contributed by atoms with Gasteiger partial charge >= 0.3 is 0 Å². The molecule has 0 aliphatic carbocycles. The SMILES string of the molecule is N#Cc1ncc(CO)c(C(F)F)c1I. The summed E-state index contributed by atoms with van der Waals surface area (Å²) in [5, 5.41) is 17.4. The monoisotopic (exact) mass is 310 g/mol. The zero-order valence-corrected chi connectivity index (χ0v) is 8.99. The van der Waals surface area contributed by atoms with Gasteiger partial charge in [-0.3, -0.25) is 0 Å². The number of aromatic nitrogens is 1. The average molecular weight is 310 g/mol. The van der Waals surface area contributed by atoms with Crippen molar-refractivity contribution in [2.24, 2.45) is 0 Å². The minimum atomic E-state index is -2.71. The van der Waals surface area contributed by atoms with Gasteiger partial charge in [0.1, 0.15) is 6.07 Å². The normalized spacial score (nSPS) is 10.3. The number of rotatable bonds is 2. The molecule has 1 rings (SSSR count). The molecule has 0 radical (unpaired) electrons. The summed E-state index contributed by atoms with van der Waals surface area (Å²) >= 11 is 1.63. The van der Waals surface area contributed by atoms with E-state index >= 15 is 0 Å². The van der Waals surface area contributed by atoms with Crippen molar-refractivity contribution in [1.82, 2.24) is 4.98 Å². The van der Waals surface area contributed by atoms with E-state index in [4.69, 9.17) is 10.4 Å². The molecule has 1 aromatic heterocycles. The maximum atomic E-state index is 12.5. The van der Waals surface area contributed by atoms with Crippen molar-refractivity contribution < 1.29 is 13.9 Å². The van der Waals surface area contributed by atoms with E-state index in [1.54, 1.807) is 28.7 Å². The van der Waals surface area contributed by atoms with Crippen LogP contribution in [-0.4, -0.2) is 10.1 Å². The lowest BCUT2D eigenvalue weighted by molar-refractivity contribution is 0.146. The molecular weight excluding hydrogens is 305 g/mol. The number of alkyl halides is 2. The highest BCUT2D eigenvalue weighted by molar-refractivity contribution is 14.1. The summed E-state index contributed by atoms with van der Waals surface area (Å²) in [6, 6.07) is 1.71. The lowest BCUT2D eigenvalue weighted by Crippen LogP contribution is -2.02. The smallest absolute Gasteiger partial charge is 0.265 e. The molecule has 3 nitrogen and oxygen atoms in total. The van der Waals surface area contributed by atoms with Crippen LogP contribution in [0.1, 0.15) is 23.2 Å². The molecule has 0 amide bonds. The number of halogens is 3. The third-order valence-electron chi connectivity index (χ3n) is 1.63. The molecule has 0 saturated heterocycles. The Morgan fingerprint density at radius 2 is 2.29 bits per heavy atom. The van der Waals surface area contributed by atoms with Gasteiger partial charge < -0.3 is 5.11 Å². The highest BCUT2D eigenvalue weighted by Gasteiger charge is 2.19. The summed E-state index contributed by atoms with van der Waals surface area (Å²) in [7, 11) is 0. The van der Waals surface area contributed by atoms with Gasteiger partial charge in [0.25, 0.3) is 6.43 Å². The standard InChI is InChI=1S/C8H5F2IN2O/c9-8(10)6-4(3-14)2-13-5(1-12)7(6)11/h2,8,14H,3H2. The maximum absolute atomic E-state index is 12.5. The van der Waals surface area contributed by atoms with E-state index in [2.05, 4.69) is 4.98 Å². The summed E-state index contributed by atoms with van der Waals surface area (Å²) < 4.78 is 25.2. The van der Waals surface area contributed by atoms with E-state index < -0.39 is 13.0 Å². The number of hydrogen-bond acceptors (Lipinski definition) is 3. The molecule has 1 N–H and O–H groups in total. The Morgan fingerprint density at radius 1 is 1.64 bits per heavy atom. The third kappa shape index (κ3) is 1.99. The van der Waals surface area contributed by atoms with Gasteiger partial charge in [0.2, 0.25) is 0 Å². The van der Waals surface area contributed by atoms with Gasteiger partial charge in [-0.1, -0.05) is 0 Å². The highest BCUT2D eigenvalue weighted by Crippen LogP contribution is 2.29. The van der Waals surface area contributed by atoms with Crippen LogP contribution < -0.4 is 0 Å². The molecule has 6 heteroatoms. The number of aliphatic hydroxyl groups is 1. The zero-order chi connectivity index (χ0) is 10.7. The predicted molar refractivity (Wildman–Crippen MR) is 52.5 cm³/mol. The first-order valence-corrected chi connectivity index (χ1v) is 4.66. The van der Waals surface area contributed by atoms with Crippen molar-refractivity contribution in [3.8, 4) is 6.07 Å². The number of pyridine rings is 1. The van der Waals surface area contributed by atoms with E-state index in [9.17, 15) is 8.78 Å². The second kappa shape index (κ2) is 4.61. The van der Waals surface area contributed by atoms with Crippen molar-refractivity contribution in [1.29, 1.82) is 5.26 Å². The van der Waals surface area contributed by atoms with E-state index in [0.29, 0.717) is 0 Å². The van der Waals surface area contributed by atoms with Crippen LogP contribution in [0.3, 0.4) is 0 Å². The van der Waals surface area contributed by atoms with Crippen molar-refractivity contribution >= 4 is 22.6 Å². The van der Waals surface area contributed by atoms with Crippen LogP contribution >= 0.6 is 22.6 Å². The van der Waals surface area contributed by atoms with Gasteiger partial charge in [0, 0.05) is 17.3 Å². The van der Waals surface area contributed by atoms with Crippen LogP contribution in [-0.2, 0) is 6.61 Å². The lowest BCUT2D eigenvalue weighted by Gasteiger charge is -2.08. The minimum absolute atomic E-state index is 0.0434. The maximum Gasteiger partial charge on any atom is 0.265 e. The molecule has 0 saturated carbocycles. The third-order valence-corrected chi connectivity index (χ3v) is 2.73. The van der Waals surface area contributed by atoms with Gasteiger partial charge in [-0.15, -0.1) is 0 Å². The topological polar surface area (TPSA) is 56.9 Å². The molecule has 0 bridgehead atoms.